The minimum Gasteiger partial charge on any atom is -0.378 e. The molecule has 0 fully saturated rings. The molecule has 0 bridgehead atoms. The van der Waals surface area contributed by atoms with E-state index in [1.165, 1.54) is 0 Å². The number of hydrogen-bond donors (Lipinski definition) is 0. The summed E-state index contributed by atoms with van der Waals surface area (Å²) in [6, 6.07) is 0. The molecule has 0 aromatic heterocycles. The van der Waals surface area contributed by atoms with Gasteiger partial charge in [-0.25, -0.2) is 0 Å². The number of hydrogen-bond acceptors (Lipinski definition) is 2. The van der Waals surface area contributed by atoms with E-state index in [1.54, 1.807) is 0 Å². The van der Waals surface area contributed by atoms with Crippen molar-refractivity contribution in [2.45, 2.75) is 65.9 Å². The van der Waals surface area contributed by atoms with Crippen LogP contribution in [0.5, 0.6) is 0 Å². The second kappa shape index (κ2) is 8.90. The van der Waals surface area contributed by atoms with Gasteiger partial charge in [0.05, 0.1) is 6.10 Å². The monoisotopic (exact) mass is 214 g/mol. The molecule has 90 valence electrons. The van der Waals surface area contributed by atoms with E-state index in [4.69, 9.17) is 4.74 Å². The van der Waals surface area contributed by atoms with Crippen LogP contribution < -0.4 is 0 Å². The predicted molar refractivity (Wildman–Crippen MR) is 64.0 cm³/mol. The lowest BCUT2D eigenvalue weighted by Gasteiger charge is -2.20. The van der Waals surface area contributed by atoms with E-state index in [1.807, 2.05) is 6.92 Å². The highest BCUT2D eigenvalue weighted by Gasteiger charge is 2.12. The van der Waals surface area contributed by atoms with Crippen molar-refractivity contribution in [2.24, 2.45) is 5.92 Å². The molecule has 0 aliphatic carbocycles. The third kappa shape index (κ3) is 7.55. The van der Waals surface area contributed by atoms with Crippen LogP contribution in [0.3, 0.4) is 0 Å². The van der Waals surface area contributed by atoms with Gasteiger partial charge in [-0.05, 0) is 32.1 Å². The fourth-order valence-electron chi connectivity index (χ4n) is 1.50. The molecule has 0 saturated carbocycles. The quantitative estimate of drug-likeness (QED) is 0.586. The lowest BCUT2D eigenvalue weighted by atomic mass is 9.98. The first-order valence-corrected chi connectivity index (χ1v) is 6.25. The summed E-state index contributed by atoms with van der Waals surface area (Å²) in [5, 5.41) is 0. The minimum atomic E-state index is 0.321. The molecule has 15 heavy (non-hydrogen) atoms. The van der Waals surface area contributed by atoms with Crippen LogP contribution in [0.25, 0.3) is 0 Å². The smallest absolute Gasteiger partial charge is 0.132 e. The third-order valence-corrected chi connectivity index (χ3v) is 2.90. The molecule has 0 aliphatic heterocycles. The molecular formula is C13H26O2. The maximum atomic E-state index is 11.1. The van der Waals surface area contributed by atoms with Gasteiger partial charge in [0.2, 0.25) is 0 Å². The maximum absolute atomic E-state index is 11.1. The van der Waals surface area contributed by atoms with Crippen molar-refractivity contribution in [1.82, 2.24) is 0 Å². The van der Waals surface area contributed by atoms with Crippen LogP contribution in [-0.4, -0.2) is 18.5 Å². The molecule has 0 heterocycles. The molecule has 2 atom stereocenters. The van der Waals surface area contributed by atoms with E-state index < -0.39 is 0 Å². The van der Waals surface area contributed by atoms with E-state index in [2.05, 4.69) is 20.8 Å². The van der Waals surface area contributed by atoms with E-state index in [0.29, 0.717) is 24.2 Å². The van der Waals surface area contributed by atoms with Gasteiger partial charge in [-0.3, -0.25) is 4.79 Å². The molecule has 0 N–H and O–H groups in total. The lowest BCUT2D eigenvalue weighted by Crippen LogP contribution is -2.18. The van der Waals surface area contributed by atoms with E-state index >= 15 is 0 Å². The van der Waals surface area contributed by atoms with Crippen LogP contribution in [0, 0.1) is 5.92 Å². The fraction of sp³-hybridized carbons (Fsp3) is 0.923. The largest absolute Gasteiger partial charge is 0.378 e. The Morgan fingerprint density at radius 2 is 1.93 bits per heavy atom. The van der Waals surface area contributed by atoms with E-state index in [-0.39, 0.29) is 0 Å². The van der Waals surface area contributed by atoms with Gasteiger partial charge >= 0.3 is 0 Å². The number of ketones is 1. The van der Waals surface area contributed by atoms with E-state index in [0.717, 1.165) is 32.3 Å². The Balaban J connectivity index is 3.54. The Hall–Kier alpha value is -0.370. The first-order valence-electron chi connectivity index (χ1n) is 6.25. The molecule has 0 spiro atoms. The second-order valence-electron chi connectivity index (χ2n) is 4.34. The van der Waals surface area contributed by atoms with Crippen LogP contribution in [0.2, 0.25) is 0 Å². The van der Waals surface area contributed by atoms with Crippen molar-refractivity contribution >= 4 is 5.78 Å². The molecule has 0 aromatic rings. The van der Waals surface area contributed by atoms with Gasteiger partial charge in [-0.1, -0.05) is 20.8 Å². The number of carbonyl (C=O) groups is 1. The molecule has 2 heteroatoms. The number of rotatable bonds is 9. The average molecular weight is 214 g/mol. The Morgan fingerprint density at radius 1 is 1.27 bits per heavy atom. The SMILES string of the molecule is CCCOC(C)C(C)CCCC(=O)CC. The molecule has 0 radical (unpaired) electrons. The van der Waals surface area contributed by atoms with Crippen LogP contribution in [0.15, 0.2) is 0 Å². The zero-order valence-electron chi connectivity index (χ0n) is 10.7. The Morgan fingerprint density at radius 3 is 2.47 bits per heavy atom. The molecule has 0 amide bonds. The van der Waals surface area contributed by atoms with Crippen molar-refractivity contribution in [3.05, 3.63) is 0 Å². The van der Waals surface area contributed by atoms with Gasteiger partial charge in [0, 0.05) is 19.4 Å². The Labute approximate surface area is 94.4 Å². The summed E-state index contributed by atoms with van der Waals surface area (Å²) in [6.07, 6.45) is 4.91. The zero-order valence-corrected chi connectivity index (χ0v) is 10.7. The summed E-state index contributed by atoms with van der Waals surface area (Å²) in [5.41, 5.74) is 0. The van der Waals surface area contributed by atoms with Crippen molar-refractivity contribution in [3.63, 3.8) is 0 Å². The summed E-state index contributed by atoms with van der Waals surface area (Å²) in [5.74, 6) is 0.936. The standard InChI is InChI=1S/C13H26O2/c1-5-10-15-12(4)11(3)8-7-9-13(14)6-2/h11-12H,5-10H2,1-4H3. The number of Topliss-reactive ketones (excluding diaryl/α,β-unsaturated/α-hetero) is 1. The maximum Gasteiger partial charge on any atom is 0.132 e. The second-order valence-corrected chi connectivity index (χ2v) is 4.34. The van der Waals surface area contributed by atoms with Crippen LogP contribution in [0.4, 0.5) is 0 Å². The van der Waals surface area contributed by atoms with Crippen LogP contribution in [0.1, 0.15) is 59.8 Å². The van der Waals surface area contributed by atoms with Gasteiger partial charge in [-0.15, -0.1) is 0 Å². The van der Waals surface area contributed by atoms with Crippen molar-refractivity contribution in [3.8, 4) is 0 Å². The zero-order chi connectivity index (χ0) is 11.7. The highest BCUT2D eigenvalue weighted by Crippen LogP contribution is 2.15. The summed E-state index contributed by atoms with van der Waals surface area (Å²) < 4.78 is 5.65. The highest BCUT2D eigenvalue weighted by atomic mass is 16.5. The van der Waals surface area contributed by atoms with E-state index in [9.17, 15) is 4.79 Å². The van der Waals surface area contributed by atoms with Gasteiger partial charge < -0.3 is 4.74 Å². The van der Waals surface area contributed by atoms with Crippen LogP contribution >= 0.6 is 0 Å². The number of carbonyl (C=O) groups excluding carboxylic acids is 1. The minimum absolute atomic E-state index is 0.321. The molecular weight excluding hydrogens is 188 g/mol. The summed E-state index contributed by atoms with van der Waals surface area (Å²) >= 11 is 0. The first-order chi connectivity index (χ1) is 7.11. The topological polar surface area (TPSA) is 26.3 Å². The molecule has 2 unspecified atom stereocenters. The van der Waals surface area contributed by atoms with Gasteiger partial charge in [0.15, 0.2) is 0 Å². The van der Waals surface area contributed by atoms with Gasteiger partial charge in [0.25, 0.3) is 0 Å². The van der Waals surface area contributed by atoms with Crippen molar-refractivity contribution in [2.75, 3.05) is 6.61 Å². The van der Waals surface area contributed by atoms with Gasteiger partial charge in [-0.2, -0.15) is 0 Å². The summed E-state index contributed by atoms with van der Waals surface area (Å²) in [4.78, 5) is 11.1. The van der Waals surface area contributed by atoms with Crippen molar-refractivity contribution < 1.29 is 9.53 Å². The average Bonchev–Trinajstić information content (AvgIpc) is 2.25. The van der Waals surface area contributed by atoms with Crippen molar-refractivity contribution in [1.29, 1.82) is 0 Å². The third-order valence-electron chi connectivity index (χ3n) is 2.90. The molecule has 2 nitrogen and oxygen atoms in total. The lowest BCUT2D eigenvalue weighted by molar-refractivity contribution is -0.118. The number of ether oxygens (including phenoxy) is 1. The molecule has 0 aromatic carbocycles. The predicted octanol–water partition coefficient (Wildman–Crippen LogP) is 3.59. The molecule has 0 aliphatic rings. The highest BCUT2D eigenvalue weighted by molar-refractivity contribution is 5.77. The molecule has 0 rings (SSSR count). The summed E-state index contributed by atoms with van der Waals surface area (Å²) in [6.45, 7) is 9.23. The molecule has 0 saturated heterocycles. The Bertz CT molecular complexity index is 166. The van der Waals surface area contributed by atoms with Gasteiger partial charge in [0.1, 0.15) is 5.78 Å². The first kappa shape index (κ1) is 14.6. The Kier molecular flexibility index (Phi) is 8.68. The van der Waals surface area contributed by atoms with Crippen LogP contribution in [-0.2, 0) is 9.53 Å². The normalized spacial score (nSPS) is 14.9. The summed E-state index contributed by atoms with van der Waals surface area (Å²) in [7, 11) is 0. The fourth-order valence-corrected chi connectivity index (χ4v) is 1.50.